The first-order chi connectivity index (χ1) is 13.5. The minimum Gasteiger partial charge on any atom is -0.394 e. The van der Waals surface area contributed by atoms with Crippen molar-refractivity contribution in [2.45, 2.75) is 50.4 Å². The predicted molar refractivity (Wildman–Crippen MR) is 106 cm³/mol. The van der Waals surface area contributed by atoms with Crippen LogP contribution in [-0.2, 0) is 20.7 Å². The monoisotopic (exact) mass is 392 g/mol. The molecule has 8 nitrogen and oxygen atoms in total. The van der Waals surface area contributed by atoms with Crippen molar-refractivity contribution < 1.29 is 19.4 Å². The van der Waals surface area contributed by atoms with E-state index in [-0.39, 0.29) is 43.4 Å². The van der Waals surface area contributed by atoms with Crippen molar-refractivity contribution in [3.63, 3.8) is 0 Å². The van der Waals surface area contributed by atoms with Crippen LogP contribution >= 0.6 is 0 Å². The smallest absolute Gasteiger partial charge is 0.224 e. The van der Waals surface area contributed by atoms with Crippen molar-refractivity contribution in [2.75, 3.05) is 33.8 Å². The summed E-state index contributed by atoms with van der Waals surface area (Å²) in [5, 5.41) is 15.5. The summed E-state index contributed by atoms with van der Waals surface area (Å²) in [7, 11) is 4.00. The number of aliphatic hydroxyl groups excluding tert-OH is 1. The molecule has 0 spiro atoms. The second kappa shape index (κ2) is 11.7. The number of nitrogens with zero attached hydrogens (tertiary/aromatic N) is 2. The van der Waals surface area contributed by atoms with Gasteiger partial charge in [-0.25, -0.2) is 0 Å². The molecule has 2 rings (SSSR count). The molecule has 0 aliphatic carbocycles. The number of hydrogen-bond acceptors (Lipinski definition) is 6. The fourth-order valence-corrected chi connectivity index (χ4v) is 3.29. The maximum Gasteiger partial charge on any atom is 0.224 e. The number of aromatic nitrogens is 1. The van der Waals surface area contributed by atoms with E-state index in [1.54, 1.807) is 18.5 Å². The molecule has 8 heteroatoms. The van der Waals surface area contributed by atoms with E-state index < -0.39 is 6.10 Å². The van der Waals surface area contributed by atoms with Crippen LogP contribution < -0.4 is 10.6 Å². The highest BCUT2D eigenvalue weighted by atomic mass is 16.5. The van der Waals surface area contributed by atoms with Gasteiger partial charge in [0.1, 0.15) is 6.10 Å². The number of hydrogen-bond donors (Lipinski definition) is 3. The lowest BCUT2D eigenvalue weighted by Crippen LogP contribution is -2.51. The number of pyridine rings is 1. The molecule has 3 atom stereocenters. The third kappa shape index (κ3) is 7.92. The van der Waals surface area contributed by atoms with Crippen molar-refractivity contribution in [3.8, 4) is 0 Å². The maximum atomic E-state index is 12.3. The molecular weight excluding hydrogens is 360 g/mol. The average Bonchev–Trinajstić information content (AvgIpc) is 2.67. The molecule has 0 unspecified atom stereocenters. The molecule has 0 bridgehead atoms. The number of nitrogens with one attached hydrogen (secondary N) is 2. The maximum absolute atomic E-state index is 12.3. The summed E-state index contributed by atoms with van der Waals surface area (Å²) >= 11 is 0. The van der Waals surface area contributed by atoms with Crippen LogP contribution in [0.15, 0.2) is 24.5 Å². The Balaban J connectivity index is 1.73. The van der Waals surface area contributed by atoms with E-state index in [4.69, 9.17) is 4.74 Å². The summed E-state index contributed by atoms with van der Waals surface area (Å²) in [5.74, 6) is -0.170. The van der Waals surface area contributed by atoms with E-state index in [1.165, 1.54) is 0 Å². The largest absolute Gasteiger partial charge is 0.394 e. The second-order valence-corrected chi connectivity index (χ2v) is 7.48. The second-order valence-electron chi connectivity index (χ2n) is 7.48. The van der Waals surface area contributed by atoms with E-state index in [0.29, 0.717) is 19.4 Å². The molecule has 1 fully saturated rings. The quantitative estimate of drug-likeness (QED) is 0.488. The third-order valence-corrected chi connectivity index (χ3v) is 4.75. The number of amides is 2. The first kappa shape index (κ1) is 22.3. The molecule has 0 radical (unpaired) electrons. The highest BCUT2D eigenvalue weighted by Crippen LogP contribution is 2.22. The van der Waals surface area contributed by atoms with Crippen LogP contribution in [0.5, 0.6) is 0 Å². The van der Waals surface area contributed by atoms with E-state index in [9.17, 15) is 14.7 Å². The molecule has 156 valence electrons. The molecule has 0 saturated carbocycles. The fraction of sp³-hybridized carbons (Fsp3) is 0.650. The van der Waals surface area contributed by atoms with Gasteiger partial charge in [0.05, 0.1) is 31.6 Å². The number of rotatable bonds is 10. The minimum atomic E-state index is -0.502. The van der Waals surface area contributed by atoms with Crippen LogP contribution in [0, 0.1) is 0 Å². The van der Waals surface area contributed by atoms with Gasteiger partial charge >= 0.3 is 0 Å². The lowest BCUT2D eigenvalue weighted by atomic mass is 9.96. The van der Waals surface area contributed by atoms with Crippen LogP contribution in [0.2, 0.25) is 0 Å². The first-order valence-corrected chi connectivity index (χ1v) is 9.84. The van der Waals surface area contributed by atoms with Crippen LogP contribution in [0.3, 0.4) is 0 Å². The van der Waals surface area contributed by atoms with Gasteiger partial charge in [0, 0.05) is 18.9 Å². The van der Waals surface area contributed by atoms with Gasteiger partial charge in [0.2, 0.25) is 11.8 Å². The van der Waals surface area contributed by atoms with Gasteiger partial charge in [0.25, 0.3) is 0 Å². The molecule has 2 amide bonds. The Labute approximate surface area is 166 Å². The summed E-state index contributed by atoms with van der Waals surface area (Å²) in [6, 6.07) is 3.38. The standard InChI is InChI=1S/C20H32N4O4/c1-24(2)10-4-9-22-19(26)12-16-6-7-17(18(14-25)28-16)23-20(27)11-15-5-3-8-21-13-15/h3,5,8,13,16-18,25H,4,6-7,9-12,14H2,1-2H3,(H,22,26)(H,23,27)/t16-,17+,18+/m0/s1. The number of aliphatic hydroxyl groups is 1. The summed E-state index contributed by atoms with van der Waals surface area (Å²) in [5.41, 5.74) is 0.834. The van der Waals surface area contributed by atoms with Gasteiger partial charge in [-0.3, -0.25) is 14.6 Å². The SMILES string of the molecule is CN(C)CCCNC(=O)C[C@@H]1CC[C@@H](NC(=O)Cc2cccnc2)[C@@H](CO)O1. The van der Waals surface area contributed by atoms with Crippen molar-refractivity contribution in [3.05, 3.63) is 30.1 Å². The lowest BCUT2D eigenvalue weighted by molar-refractivity contribution is -0.135. The highest BCUT2D eigenvalue weighted by Gasteiger charge is 2.32. The van der Waals surface area contributed by atoms with Gasteiger partial charge in [-0.2, -0.15) is 0 Å². The normalized spacial score (nSPS) is 22.1. The van der Waals surface area contributed by atoms with Gasteiger partial charge in [-0.1, -0.05) is 6.07 Å². The Morgan fingerprint density at radius 2 is 2.14 bits per heavy atom. The van der Waals surface area contributed by atoms with Gasteiger partial charge in [-0.15, -0.1) is 0 Å². The van der Waals surface area contributed by atoms with E-state index >= 15 is 0 Å². The Bertz CT molecular complexity index is 611. The third-order valence-electron chi connectivity index (χ3n) is 4.75. The highest BCUT2D eigenvalue weighted by molar-refractivity contribution is 5.79. The molecule has 1 aromatic rings. The Morgan fingerprint density at radius 3 is 2.82 bits per heavy atom. The minimum absolute atomic E-state index is 0.0421. The van der Waals surface area contributed by atoms with Crippen LogP contribution in [0.25, 0.3) is 0 Å². The van der Waals surface area contributed by atoms with Crippen LogP contribution in [-0.4, -0.2) is 78.8 Å². The molecule has 2 heterocycles. The predicted octanol–water partition coefficient (Wildman–Crippen LogP) is 0.107. The van der Waals surface area contributed by atoms with Crippen LogP contribution in [0.1, 0.15) is 31.2 Å². The molecule has 1 aliphatic heterocycles. The van der Waals surface area contributed by atoms with E-state index in [1.807, 2.05) is 20.2 Å². The van der Waals surface area contributed by atoms with Crippen LogP contribution in [0.4, 0.5) is 0 Å². The fourth-order valence-electron chi connectivity index (χ4n) is 3.29. The lowest BCUT2D eigenvalue weighted by Gasteiger charge is -2.36. The van der Waals surface area contributed by atoms with E-state index in [2.05, 4.69) is 20.5 Å². The van der Waals surface area contributed by atoms with Crippen molar-refractivity contribution >= 4 is 11.8 Å². The summed E-state index contributed by atoms with van der Waals surface area (Å²) in [6.45, 7) is 1.37. The topological polar surface area (TPSA) is 104 Å². The van der Waals surface area contributed by atoms with Gasteiger partial charge in [-0.05, 0) is 51.5 Å². The average molecular weight is 393 g/mol. The Hall–Kier alpha value is -2.03. The van der Waals surface area contributed by atoms with Gasteiger partial charge < -0.3 is 25.4 Å². The number of carbonyl (C=O) groups is 2. The summed E-state index contributed by atoms with van der Waals surface area (Å²) in [4.78, 5) is 30.4. The zero-order valence-corrected chi connectivity index (χ0v) is 16.8. The zero-order chi connectivity index (χ0) is 20.4. The molecule has 1 aromatic heterocycles. The number of carbonyl (C=O) groups excluding carboxylic acids is 2. The molecular formula is C20H32N4O4. The van der Waals surface area contributed by atoms with Crippen molar-refractivity contribution in [2.24, 2.45) is 0 Å². The first-order valence-electron chi connectivity index (χ1n) is 9.84. The summed E-state index contributed by atoms with van der Waals surface area (Å²) < 4.78 is 5.87. The zero-order valence-electron chi connectivity index (χ0n) is 16.8. The molecule has 0 aromatic carbocycles. The van der Waals surface area contributed by atoms with E-state index in [0.717, 1.165) is 18.5 Å². The molecule has 3 N–H and O–H groups in total. The van der Waals surface area contributed by atoms with Gasteiger partial charge in [0.15, 0.2) is 0 Å². The molecule has 28 heavy (non-hydrogen) atoms. The number of ether oxygens (including phenoxy) is 1. The van der Waals surface area contributed by atoms with Crippen molar-refractivity contribution in [1.82, 2.24) is 20.5 Å². The molecule has 1 saturated heterocycles. The summed E-state index contributed by atoms with van der Waals surface area (Å²) in [6.07, 6.45) is 5.33. The van der Waals surface area contributed by atoms with Crippen molar-refractivity contribution in [1.29, 1.82) is 0 Å². The molecule has 1 aliphatic rings. The Morgan fingerprint density at radius 1 is 1.32 bits per heavy atom. The Kier molecular flexibility index (Phi) is 9.33.